The van der Waals surface area contributed by atoms with Crippen LogP contribution in [0.1, 0.15) is 47.0 Å². The van der Waals surface area contributed by atoms with Crippen LogP contribution in [-0.4, -0.2) is 6.54 Å². The van der Waals surface area contributed by atoms with E-state index in [1.807, 2.05) is 0 Å². The van der Waals surface area contributed by atoms with Gasteiger partial charge in [-0.05, 0) is 24.3 Å². The van der Waals surface area contributed by atoms with Crippen LogP contribution in [-0.2, 0) is 0 Å². The minimum absolute atomic E-state index is 0.435. The molecule has 1 atom stereocenters. The molecule has 0 spiro atoms. The summed E-state index contributed by atoms with van der Waals surface area (Å²) < 4.78 is 0. The van der Waals surface area contributed by atoms with Crippen molar-refractivity contribution in [2.75, 3.05) is 6.54 Å². The Morgan fingerprint density at radius 1 is 1.36 bits per heavy atom. The Balaban J connectivity index is 3.83. The van der Waals surface area contributed by atoms with Gasteiger partial charge in [0.05, 0.1) is 0 Å². The Labute approximate surface area is 71.4 Å². The number of hydrogen-bond donors (Lipinski definition) is 1. The van der Waals surface area contributed by atoms with Gasteiger partial charge < -0.3 is 5.73 Å². The van der Waals surface area contributed by atoms with Gasteiger partial charge in [0, 0.05) is 0 Å². The fourth-order valence-electron chi connectivity index (χ4n) is 1.44. The Morgan fingerprint density at radius 3 is 2.27 bits per heavy atom. The van der Waals surface area contributed by atoms with Gasteiger partial charge in [-0.2, -0.15) is 0 Å². The van der Waals surface area contributed by atoms with Gasteiger partial charge in [-0.25, -0.2) is 0 Å². The molecule has 0 saturated carbocycles. The van der Waals surface area contributed by atoms with Crippen LogP contribution >= 0.6 is 0 Å². The first kappa shape index (κ1) is 11.0. The van der Waals surface area contributed by atoms with E-state index in [2.05, 4.69) is 27.7 Å². The first-order chi connectivity index (χ1) is 5.04. The normalized spacial score (nSPS) is 15.0. The molecule has 2 N–H and O–H groups in total. The van der Waals surface area contributed by atoms with Crippen LogP contribution in [0.5, 0.6) is 0 Å². The number of rotatable bonds is 5. The zero-order chi connectivity index (χ0) is 8.91. The van der Waals surface area contributed by atoms with Crippen LogP contribution in [0.15, 0.2) is 0 Å². The van der Waals surface area contributed by atoms with Gasteiger partial charge in [0.1, 0.15) is 0 Å². The molecule has 0 radical (unpaired) electrons. The zero-order valence-electron chi connectivity index (χ0n) is 8.48. The SMILES string of the molecule is CCCC(C)C(C)(C)CCN. The van der Waals surface area contributed by atoms with Crippen LogP contribution in [0.4, 0.5) is 0 Å². The van der Waals surface area contributed by atoms with E-state index in [0.29, 0.717) is 5.41 Å². The molecule has 1 heteroatoms. The van der Waals surface area contributed by atoms with E-state index in [1.54, 1.807) is 0 Å². The molecule has 1 unspecified atom stereocenters. The smallest absolute Gasteiger partial charge is 0.00721 e. The summed E-state index contributed by atoms with van der Waals surface area (Å²) in [7, 11) is 0. The zero-order valence-corrected chi connectivity index (χ0v) is 8.48. The van der Waals surface area contributed by atoms with E-state index < -0.39 is 0 Å². The molecule has 0 aromatic carbocycles. The van der Waals surface area contributed by atoms with Crippen LogP contribution in [0.2, 0.25) is 0 Å². The quantitative estimate of drug-likeness (QED) is 0.652. The second-order valence-electron chi connectivity index (χ2n) is 4.22. The maximum Gasteiger partial charge on any atom is -0.00721 e. The predicted molar refractivity (Wildman–Crippen MR) is 51.5 cm³/mol. The van der Waals surface area contributed by atoms with Crippen LogP contribution in [0, 0.1) is 11.3 Å². The Morgan fingerprint density at radius 2 is 1.91 bits per heavy atom. The Kier molecular flexibility index (Phi) is 4.74. The second kappa shape index (κ2) is 4.76. The molecule has 11 heavy (non-hydrogen) atoms. The van der Waals surface area contributed by atoms with Gasteiger partial charge in [0.15, 0.2) is 0 Å². The molecule has 0 rings (SSSR count). The van der Waals surface area contributed by atoms with Crippen molar-refractivity contribution in [2.45, 2.75) is 47.0 Å². The van der Waals surface area contributed by atoms with Gasteiger partial charge >= 0.3 is 0 Å². The maximum atomic E-state index is 5.55. The lowest BCUT2D eigenvalue weighted by Crippen LogP contribution is -2.24. The molecule has 1 nitrogen and oxygen atoms in total. The lowest BCUT2D eigenvalue weighted by atomic mass is 9.75. The van der Waals surface area contributed by atoms with Crippen LogP contribution in [0.3, 0.4) is 0 Å². The van der Waals surface area contributed by atoms with E-state index in [1.165, 1.54) is 12.8 Å². The molecule has 0 bridgehead atoms. The largest absolute Gasteiger partial charge is 0.330 e. The minimum atomic E-state index is 0.435. The molecule has 68 valence electrons. The number of hydrogen-bond acceptors (Lipinski definition) is 1. The third-order valence-corrected chi connectivity index (χ3v) is 2.84. The first-order valence-electron chi connectivity index (χ1n) is 4.74. The molecule has 0 aliphatic heterocycles. The lowest BCUT2D eigenvalue weighted by Gasteiger charge is -2.31. The standard InChI is InChI=1S/C10H23N/c1-5-6-9(2)10(3,4)7-8-11/h9H,5-8,11H2,1-4H3. The molecule has 0 amide bonds. The highest BCUT2D eigenvalue weighted by Gasteiger charge is 2.23. The third-order valence-electron chi connectivity index (χ3n) is 2.84. The monoisotopic (exact) mass is 157 g/mol. The third kappa shape index (κ3) is 3.76. The molecular formula is C10H23N. The van der Waals surface area contributed by atoms with E-state index in [0.717, 1.165) is 18.9 Å². The van der Waals surface area contributed by atoms with E-state index in [-0.39, 0.29) is 0 Å². The Bertz CT molecular complexity index is 97.0. The fourth-order valence-corrected chi connectivity index (χ4v) is 1.44. The molecule has 0 aromatic heterocycles. The van der Waals surface area contributed by atoms with Crippen molar-refractivity contribution in [1.29, 1.82) is 0 Å². The van der Waals surface area contributed by atoms with Gasteiger partial charge in [-0.3, -0.25) is 0 Å². The van der Waals surface area contributed by atoms with Crippen molar-refractivity contribution in [1.82, 2.24) is 0 Å². The van der Waals surface area contributed by atoms with Gasteiger partial charge in [0.2, 0.25) is 0 Å². The summed E-state index contributed by atoms with van der Waals surface area (Å²) in [4.78, 5) is 0. The fraction of sp³-hybridized carbons (Fsp3) is 1.00. The number of nitrogens with two attached hydrogens (primary N) is 1. The summed E-state index contributed by atoms with van der Waals surface area (Å²) in [5, 5.41) is 0. The van der Waals surface area contributed by atoms with E-state index in [9.17, 15) is 0 Å². The topological polar surface area (TPSA) is 26.0 Å². The highest BCUT2D eigenvalue weighted by Crippen LogP contribution is 2.32. The molecule has 0 aliphatic carbocycles. The van der Waals surface area contributed by atoms with Crippen molar-refractivity contribution in [3.63, 3.8) is 0 Å². The van der Waals surface area contributed by atoms with E-state index >= 15 is 0 Å². The van der Waals surface area contributed by atoms with Gasteiger partial charge in [0.25, 0.3) is 0 Å². The van der Waals surface area contributed by atoms with Crippen LogP contribution in [0.25, 0.3) is 0 Å². The minimum Gasteiger partial charge on any atom is -0.330 e. The summed E-state index contributed by atoms with van der Waals surface area (Å²) in [6.45, 7) is 10.0. The summed E-state index contributed by atoms with van der Waals surface area (Å²) in [5.41, 5.74) is 5.98. The summed E-state index contributed by atoms with van der Waals surface area (Å²) >= 11 is 0. The van der Waals surface area contributed by atoms with Crippen LogP contribution < -0.4 is 5.73 Å². The van der Waals surface area contributed by atoms with Crippen molar-refractivity contribution in [3.8, 4) is 0 Å². The van der Waals surface area contributed by atoms with Crippen molar-refractivity contribution in [2.24, 2.45) is 17.1 Å². The molecule has 0 saturated heterocycles. The van der Waals surface area contributed by atoms with Gasteiger partial charge in [-0.15, -0.1) is 0 Å². The van der Waals surface area contributed by atoms with Gasteiger partial charge in [-0.1, -0.05) is 40.5 Å². The average Bonchev–Trinajstić information content (AvgIpc) is 1.88. The van der Waals surface area contributed by atoms with Crippen molar-refractivity contribution < 1.29 is 0 Å². The predicted octanol–water partition coefficient (Wildman–Crippen LogP) is 2.80. The highest BCUT2D eigenvalue weighted by atomic mass is 14.5. The van der Waals surface area contributed by atoms with E-state index in [4.69, 9.17) is 5.73 Å². The first-order valence-corrected chi connectivity index (χ1v) is 4.74. The average molecular weight is 157 g/mol. The molecular weight excluding hydrogens is 134 g/mol. The molecule has 0 aromatic rings. The van der Waals surface area contributed by atoms with Crippen molar-refractivity contribution >= 4 is 0 Å². The summed E-state index contributed by atoms with van der Waals surface area (Å²) in [5.74, 6) is 0.802. The molecule has 0 fully saturated rings. The summed E-state index contributed by atoms with van der Waals surface area (Å²) in [6.07, 6.45) is 3.76. The lowest BCUT2D eigenvalue weighted by molar-refractivity contribution is 0.203. The maximum absolute atomic E-state index is 5.55. The summed E-state index contributed by atoms with van der Waals surface area (Å²) in [6, 6.07) is 0. The molecule has 0 heterocycles. The Hall–Kier alpha value is -0.0400. The van der Waals surface area contributed by atoms with Crippen molar-refractivity contribution in [3.05, 3.63) is 0 Å². The second-order valence-corrected chi connectivity index (χ2v) is 4.22. The molecule has 0 aliphatic rings. The highest BCUT2D eigenvalue weighted by molar-refractivity contribution is 4.75.